The molecule has 0 bridgehead atoms. The number of nitrogens with one attached hydrogen (secondary N) is 1. The largest absolute Gasteiger partial charge is 0.471 e. The normalized spacial score (nSPS) is 11.4. The average molecular weight is 230 g/mol. The van der Waals surface area contributed by atoms with E-state index in [4.69, 9.17) is 11.6 Å². The lowest BCUT2D eigenvalue weighted by Gasteiger charge is -2.05. The van der Waals surface area contributed by atoms with Gasteiger partial charge in [-0.1, -0.05) is 11.6 Å². The van der Waals surface area contributed by atoms with Gasteiger partial charge < -0.3 is 5.32 Å². The molecule has 13 heavy (non-hydrogen) atoms. The van der Waals surface area contributed by atoms with Crippen LogP contribution in [0.15, 0.2) is 10.8 Å². The van der Waals surface area contributed by atoms with Gasteiger partial charge in [-0.05, 0) is 0 Å². The van der Waals surface area contributed by atoms with Crippen molar-refractivity contribution in [2.24, 2.45) is 0 Å². The number of alkyl halides is 3. The first-order chi connectivity index (χ1) is 5.91. The Bertz CT molecular complexity index is 322. The summed E-state index contributed by atoms with van der Waals surface area (Å²) in [7, 11) is 0. The standard InChI is InChI=1S/C6H3ClF3NOS/c7-3-1-13-2-4(3)11-5(12)6(8,9)10/h1-2H,(H,11,12). The molecule has 0 aliphatic rings. The van der Waals surface area contributed by atoms with Gasteiger partial charge >= 0.3 is 12.1 Å². The first-order valence-corrected chi connectivity index (χ1v) is 4.33. The van der Waals surface area contributed by atoms with Crippen LogP contribution in [0.1, 0.15) is 0 Å². The lowest BCUT2D eigenvalue weighted by Crippen LogP contribution is -2.29. The monoisotopic (exact) mass is 229 g/mol. The van der Waals surface area contributed by atoms with E-state index in [2.05, 4.69) is 0 Å². The highest BCUT2D eigenvalue weighted by atomic mass is 35.5. The van der Waals surface area contributed by atoms with Gasteiger partial charge in [0.05, 0.1) is 10.7 Å². The van der Waals surface area contributed by atoms with Crippen LogP contribution < -0.4 is 5.32 Å². The Balaban J connectivity index is 2.71. The number of carbonyl (C=O) groups excluding carboxylic acids is 1. The smallest absolute Gasteiger partial charge is 0.316 e. The average Bonchev–Trinajstić information content (AvgIpc) is 2.34. The van der Waals surface area contributed by atoms with Gasteiger partial charge in [-0.15, -0.1) is 11.3 Å². The van der Waals surface area contributed by atoms with Crippen molar-refractivity contribution in [1.82, 2.24) is 0 Å². The zero-order chi connectivity index (χ0) is 10.1. The van der Waals surface area contributed by atoms with Gasteiger partial charge in [0.15, 0.2) is 0 Å². The maximum atomic E-state index is 11.7. The summed E-state index contributed by atoms with van der Waals surface area (Å²) in [5.74, 6) is -2.02. The molecule has 0 saturated heterocycles. The molecule has 1 heterocycles. The molecule has 0 aliphatic carbocycles. The summed E-state index contributed by atoms with van der Waals surface area (Å²) >= 11 is 6.57. The fourth-order valence-corrected chi connectivity index (χ4v) is 1.52. The van der Waals surface area contributed by atoms with Crippen molar-refractivity contribution in [3.8, 4) is 0 Å². The fourth-order valence-electron chi connectivity index (χ4n) is 0.564. The maximum absolute atomic E-state index is 11.7. The van der Waals surface area contributed by atoms with E-state index in [1.807, 2.05) is 0 Å². The summed E-state index contributed by atoms with van der Waals surface area (Å²) in [6.07, 6.45) is -4.88. The van der Waals surface area contributed by atoms with Crippen LogP contribution in [-0.2, 0) is 4.79 Å². The number of halogens is 4. The van der Waals surface area contributed by atoms with Crippen molar-refractivity contribution in [3.05, 3.63) is 15.8 Å². The number of amides is 1. The third-order valence-electron chi connectivity index (χ3n) is 1.12. The fraction of sp³-hybridized carbons (Fsp3) is 0.167. The van der Waals surface area contributed by atoms with Crippen LogP contribution in [0.25, 0.3) is 0 Å². The molecule has 0 atom stereocenters. The second-order valence-corrected chi connectivity index (χ2v) is 3.24. The molecule has 1 rings (SSSR count). The van der Waals surface area contributed by atoms with Gasteiger partial charge in [0.1, 0.15) is 0 Å². The molecule has 0 aliphatic heterocycles. The SMILES string of the molecule is O=C(Nc1cscc1Cl)C(F)(F)F. The second-order valence-electron chi connectivity index (χ2n) is 2.09. The van der Waals surface area contributed by atoms with Crippen molar-refractivity contribution in [2.45, 2.75) is 6.18 Å². The number of anilines is 1. The number of rotatable bonds is 1. The predicted octanol–water partition coefficient (Wildman–Crippen LogP) is 2.90. The summed E-state index contributed by atoms with van der Waals surface area (Å²) in [5, 5.41) is 4.49. The molecule has 1 N–H and O–H groups in total. The number of thiophene rings is 1. The van der Waals surface area contributed by atoms with Crippen LogP contribution >= 0.6 is 22.9 Å². The molecule has 0 saturated carbocycles. The molecule has 0 spiro atoms. The van der Waals surface area contributed by atoms with E-state index in [1.54, 1.807) is 5.32 Å². The highest BCUT2D eigenvalue weighted by Crippen LogP contribution is 2.27. The summed E-state index contributed by atoms with van der Waals surface area (Å²) in [6, 6.07) is 0. The zero-order valence-electron chi connectivity index (χ0n) is 5.98. The molecule has 1 aromatic heterocycles. The highest BCUT2D eigenvalue weighted by molar-refractivity contribution is 7.09. The van der Waals surface area contributed by atoms with Crippen molar-refractivity contribution in [2.75, 3.05) is 5.32 Å². The molecule has 0 radical (unpaired) electrons. The van der Waals surface area contributed by atoms with Crippen LogP contribution in [0.3, 0.4) is 0 Å². The van der Waals surface area contributed by atoms with E-state index in [0.29, 0.717) is 0 Å². The number of carbonyl (C=O) groups is 1. The topological polar surface area (TPSA) is 29.1 Å². The molecule has 72 valence electrons. The van der Waals surface area contributed by atoms with E-state index in [1.165, 1.54) is 10.8 Å². The molecule has 2 nitrogen and oxygen atoms in total. The van der Waals surface area contributed by atoms with Crippen molar-refractivity contribution < 1.29 is 18.0 Å². The lowest BCUT2D eigenvalue weighted by atomic mass is 10.5. The van der Waals surface area contributed by atoms with Crippen LogP contribution in [0.2, 0.25) is 5.02 Å². The van der Waals surface area contributed by atoms with E-state index < -0.39 is 12.1 Å². The molecule has 0 unspecified atom stereocenters. The highest BCUT2D eigenvalue weighted by Gasteiger charge is 2.38. The quantitative estimate of drug-likeness (QED) is 0.788. The zero-order valence-corrected chi connectivity index (χ0v) is 7.56. The Hall–Kier alpha value is -0.750. The van der Waals surface area contributed by atoms with E-state index in [0.717, 1.165) is 11.3 Å². The minimum Gasteiger partial charge on any atom is -0.316 e. The van der Waals surface area contributed by atoms with Gasteiger partial charge in [-0.3, -0.25) is 4.79 Å². The third-order valence-corrected chi connectivity index (χ3v) is 2.31. The van der Waals surface area contributed by atoms with Gasteiger partial charge in [0.2, 0.25) is 0 Å². The minimum absolute atomic E-state index is 0.0195. The van der Waals surface area contributed by atoms with Crippen molar-refractivity contribution >= 4 is 34.5 Å². The van der Waals surface area contributed by atoms with E-state index >= 15 is 0 Å². The molecule has 0 fully saturated rings. The Morgan fingerprint density at radius 2 is 2.08 bits per heavy atom. The predicted molar refractivity (Wildman–Crippen MR) is 44.0 cm³/mol. The van der Waals surface area contributed by atoms with Gasteiger partial charge in [0.25, 0.3) is 0 Å². The Kier molecular flexibility index (Phi) is 2.82. The maximum Gasteiger partial charge on any atom is 0.471 e. The Morgan fingerprint density at radius 1 is 1.46 bits per heavy atom. The summed E-state index contributed by atoms with van der Waals surface area (Å²) in [4.78, 5) is 10.4. The van der Waals surface area contributed by atoms with Crippen molar-refractivity contribution in [1.29, 1.82) is 0 Å². The van der Waals surface area contributed by atoms with Gasteiger partial charge in [0, 0.05) is 10.8 Å². The first-order valence-electron chi connectivity index (χ1n) is 3.01. The molecule has 7 heteroatoms. The van der Waals surface area contributed by atoms with Gasteiger partial charge in [-0.25, -0.2) is 0 Å². The molecule has 0 aromatic carbocycles. The first kappa shape index (κ1) is 10.3. The Morgan fingerprint density at radius 3 is 2.46 bits per heavy atom. The van der Waals surface area contributed by atoms with Crippen LogP contribution in [0.4, 0.5) is 18.9 Å². The van der Waals surface area contributed by atoms with Crippen LogP contribution in [-0.4, -0.2) is 12.1 Å². The lowest BCUT2D eigenvalue weighted by molar-refractivity contribution is -0.167. The Labute approximate surface area is 80.3 Å². The number of hydrogen-bond acceptors (Lipinski definition) is 2. The molecule has 1 aromatic rings. The third kappa shape index (κ3) is 2.60. The van der Waals surface area contributed by atoms with Crippen LogP contribution in [0, 0.1) is 0 Å². The van der Waals surface area contributed by atoms with Crippen molar-refractivity contribution in [3.63, 3.8) is 0 Å². The van der Waals surface area contributed by atoms with Crippen LogP contribution in [0.5, 0.6) is 0 Å². The van der Waals surface area contributed by atoms with Gasteiger partial charge in [-0.2, -0.15) is 13.2 Å². The summed E-state index contributed by atoms with van der Waals surface area (Å²) in [6.45, 7) is 0. The summed E-state index contributed by atoms with van der Waals surface area (Å²) in [5.41, 5.74) is -0.0195. The second kappa shape index (κ2) is 3.55. The number of hydrogen-bond donors (Lipinski definition) is 1. The summed E-state index contributed by atoms with van der Waals surface area (Å²) < 4.78 is 35.2. The molecular formula is C6H3ClF3NOS. The molecule has 1 amide bonds. The van der Waals surface area contributed by atoms with E-state index in [9.17, 15) is 18.0 Å². The minimum atomic E-state index is -4.88. The molecular weight excluding hydrogens is 227 g/mol. The van der Waals surface area contributed by atoms with E-state index in [-0.39, 0.29) is 10.7 Å².